The fourth-order valence-electron chi connectivity index (χ4n) is 8.95. The van der Waals surface area contributed by atoms with Crippen LogP contribution in [0.3, 0.4) is 0 Å². The average Bonchev–Trinajstić information content (AvgIpc) is 3.09. The van der Waals surface area contributed by atoms with Crippen molar-refractivity contribution >= 4 is 74.5 Å². The summed E-state index contributed by atoms with van der Waals surface area (Å²) in [6, 6.07) is 28.9. The van der Waals surface area contributed by atoms with E-state index < -0.39 is 8.07 Å². The Morgan fingerprint density at radius 3 is 2.34 bits per heavy atom. The fourth-order valence-corrected chi connectivity index (χ4v) is 12.2. The van der Waals surface area contributed by atoms with Gasteiger partial charge in [-0.1, -0.05) is 55.6 Å². The van der Waals surface area contributed by atoms with Crippen molar-refractivity contribution in [2.75, 3.05) is 42.8 Å². The SMILES string of the molecule is Cc1ccccc1C1=c2cc3ccc4c(c3cc2[Si](C)(C)c2cc3c5c(ccc3cc21)N(CCCCl)CCC5)CCC[N+]=4CCCCl. The number of halogens is 2. The predicted molar refractivity (Wildman–Crippen MR) is 207 cm³/mol. The van der Waals surface area contributed by atoms with Gasteiger partial charge < -0.3 is 4.90 Å². The van der Waals surface area contributed by atoms with E-state index in [4.69, 9.17) is 23.2 Å². The molecule has 0 aromatic heterocycles. The van der Waals surface area contributed by atoms with Gasteiger partial charge in [0.15, 0.2) is 0 Å². The van der Waals surface area contributed by atoms with E-state index in [1.807, 2.05) is 0 Å². The van der Waals surface area contributed by atoms with Gasteiger partial charge in [-0.05, 0) is 122 Å². The van der Waals surface area contributed by atoms with Gasteiger partial charge in [0, 0.05) is 55.0 Å². The van der Waals surface area contributed by atoms with Crippen molar-refractivity contribution in [1.29, 1.82) is 0 Å². The van der Waals surface area contributed by atoms with Crippen LogP contribution in [0.2, 0.25) is 13.1 Å². The Labute approximate surface area is 290 Å². The maximum Gasteiger partial charge on any atom is 0.203 e. The lowest BCUT2D eigenvalue weighted by Gasteiger charge is -2.36. The van der Waals surface area contributed by atoms with Gasteiger partial charge in [-0.25, -0.2) is 4.58 Å². The number of anilines is 1. The van der Waals surface area contributed by atoms with Crippen LogP contribution >= 0.6 is 23.2 Å². The van der Waals surface area contributed by atoms with Crippen LogP contribution in [0, 0.1) is 6.92 Å². The molecular formula is C42H45Cl2N2Si+. The second-order valence-corrected chi connectivity index (χ2v) is 19.5. The van der Waals surface area contributed by atoms with Gasteiger partial charge in [0.2, 0.25) is 5.36 Å². The van der Waals surface area contributed by atoms with Gasteiger partial charge in [0.05, 0.1) is 0 Å². The Morgan fingerprint density at radius 2 is 1.51 bits per heavy atom. The van der Waals surface area contributed by atoms with Gasteiger partial charge in [-0.3, -0.25) is 0 Å². The molecule has 240 valence electrons. The van der Waals surface area contributed by atoms with Crippen molar-refractivity contribution in [2.24, 2.45) is 0 Å². The molecule has 8 rings (SSSR count). The number of hydrogen-bond donors (Lipinski definition) is 0. The summed E-state index contributed by atoms with van der Waals surface area (Å²) < 4.78 is 2.58. The summed E-state index contributed by atoms with van der Waals surface area (Å²) in [5.74, 6) is 1.43. The molecule has 0 bridgehead atoms. The third kappa shape index (κ3) is 5.16. The largest absolute Gasteiger partial charge is 0.371 e. The van der Waals surface area contributed by atoms with Crippen LogP contribution in [0.5, 0.6) is 0 Å². The average molecular weight is 677 g/mol. The highest BCUT2D eigenvalue weighted by Crippen LogP contribution is 2.37. The van der Waals surface area contributed by atoms with E-state index in [0.29, 0.717) is 11.8 Å². The molecule has 5 aromatic rings. The standard InChI is InChI=1S/C42H45Cl2N2Si/c1-28-10-4-5-11-31(28)42-36-24-29-14-16-38-32(12-6-20-45(38)22-8-18-43)34(29)26-40(36)47(2,3)41-27-35-30(25-37(41)42)15-17-39-33(35)13-7-21-46(39)23-9-19-44/h4-5,10-11,14-17,24-27H,6-9,12-13,18-23H2,1-3H3/q+1. The molecule has 0 unspecified atom stereocenters. The molecule has 0 spiro atoms. The van der Waals surface area contributed by atoms with Crippen LogP contribution in [0.15, 0.2) is 72.8 Å². The molecule has 0 saturated heterocycles. The lowest BCUT2D eigenvalue weighted by molar-refractivity contribution is 0.519. The first kappa shape index (κ1) is 31.2. The minimum absolute atomic E-state index is 0.715. The maximum atomic E-state index is 6.14. The summed E-state index contributed by atoms with van der Waals surface area (Å²) in [4.78, 5) is 2.58. The predicted octanol–water partition coefficient (Wildman–Crippen LogP) is 7.13. The van der Waals surface area contributed by atoms with Crippen molar-refractivity contribution in [3.63, 3.8) is 0 Å². The molecule has 0 saturated carbocycles. The van der Waals surface area contributed by atoms with Gasteiger partial charge >= 0.3 is 0 Å². The number of hydrogen-bond acceptors (Lipinski definition) is 1. The third-order valence-electron chi connectivity index (χ3n) is 11.3. The first-order chi connectivity index (χ1) is 22.9. The minimum atomic E-state index is -2.11. The molecule has 47 heavy (non-hydrogen) atoms. The molecular weight excluding hydrogens is 631 g/mol. The van der Waals surface area contributed by atoms with Gasteiger partial charge in [0.1, 0.15) is 21.2 Å². The van der Waals surface area contributed by atoms with Crippen molar-refractivity contribution in [1.82, 2.24) is 4.58 Å². The first-order valence-corrected chi connectivity index (χ1v) is 21.7. The minimum Gasteiger partial charge on any atom is -0.371 e. The van der Waals surface area contributed by atoms with E-state index in [1.165, 1.54) is 84.0 Å². The lowest BCUT2D eigenvalue weighted by Crippen LogP contribution is -2.62. The van der Waals surface area contributed by atoms with Crippen LogP contribution in [0.4, 0.5) is 5.69 Å². The molecule has 3 heterocycles. The molecule has 5 heteroatoms. The summed E-state index contributed by atoms with van der Waals surface area (Å²) in [5.41, 5.74) is 10.0. The molecule has 0 amide bonds. The van der Waals surface area contributed by atoms with E-state index in [9.17, 15) is 0 Å². The number of nitrogens with zero attached hydrogens (tertiary/aromatic N) is 2. The molecule has 0 atom stereocenters. The summed E-state index contributed by atoms with van der Waals surface area (Å²) >= 11 is 12.3. The van der Waals surface area contributed by atoms with E-state index in [2.05, 4.69) is 102 Å². The second-order valence-electron chi connectivity index (χ2n) is 14.4. The van der Waals surface area contributed by atoms with Crippen molar-refractivity contribution in [2.45, 2.75) is 58.5 Å². The topological polar surface area (TPSA) is 6.25 Å². The molecule has 0 radical (unpaired) electrons. The van der Waals surface area contributed by atoms with Crippen LogP contribution in [-0.2, 0) is 12.8 Å². The first-order valence-electron chi connectivity index (χ1n) is 17.7. The molecule has 3 aliphatic heterocycles. The van der Waals surface area contributed by atoms with E-state index in [0.717, 1.165) is 51.9 Å². The van der Waals surface area contributed by atoms with Gasteiger partial charge in [-0.15, -0.1) is 23.2 Å². The van der Waals surface area contributed by atoms with Crippen LogP contribution in [0.1, 0.15) is 53.5 Å². The second kappa shape index (κ2) is 12.4. The highest BCUT2D eigenvalue weighted by atomic mass is 35.5. The number of benzene rings is 5. The molecule has 2 nitrogen and oxygen atoms in total. The Hall–Kier alpha value is -3.11. The summed E-state index contributed by atoms with van der Waals surface area (Å²) in [6.45, 7) is 11.8. The molecule has 3 aliphatic rings. The van der Waals surface area contributed by atoms with Gasteiger partial charge in [0.25, 0.3) is 0 Å². The summed E-state index contributed by atoms with van der Waals surface area (Å²) in [7, 11) is -2.11. The van der Waals surface area contributed by atoms with Crippen LogP contribution < -0.4 is 30.4 Å². The van der Waals surface area contributed by atoms with E-state index >= 15 is 0 Å². The monoisotopic (exact) mass is 675 g/mol. The number of fused-ring (bicyclic) bond motifs is 8. The number of aryl methyl sites for hydroxylation is 3. The molecule has 0 aliphatic carbocycles. The van der Waals surface area contributed by atoms with Crippen LogP contribution in [-0.4, -0.2) is 46.0 Å². The highest BCUT2D eigenvalue weighted by molar-refractivity contribution is 7.01. The normalized spacial score (nSPS) is 16.7. The zero-order valence-electron chi connectivity index (χ0n) is 28.1. The smallest absolute Gasteiger partial charge is 0.203 e. The van der Waals surface area contributed by atoms with Crippen LogP contribution in [0.25, 0.3) is 27.1 Å². The van der Waals surface area contributed by atoms with Crippen molar-refractivity contribution in [3.8, 4) is 0 Å². The number of rotatable bonds is 7. The van der Waals surface area contributed by atoms with Gasteiger partial charge in [-0.2, -0.15) is 0 Å². The Morgan fingerprint density at radius 1 is 0.766 bits per heavy atom. The van der Waals surface area contributed by atoms with Crippen molar-refractivity contribution in [3.05, 3.63) is 111 Å². The van der Waals surface area contributed by atoms with E-state index in [1.54, 1.807) is 10.4 Å². The third-order valence-corrected chi connectivity index (χ3v) is 15.4. The maximum absolute atomic E-state index is 6.14. The summed E-state index contributed by atoms with van der Waals surface area (Å²) in [5, 5.41) is 11.7. The lowest BCUT2D eigenvalue weighted by atomic mass is 9.87. The summed E-state index contributed by atoms with van der Waals surface area (Å²) in [6.07, 6.45) is 6.75. The molecule has 0 fully saturated rings. The molecule has 0 N–H and O–H groups in total. The number of alkyl halides is 2. The zero-order chi connectivity index (χ0) is 32.3. The Bertz CT molecular complexity index is 2180. The molecule has 5 aromatic carbocycles. The Balaban J connectivity index is 1.43. The quantitative estimate of drug-likeness (QED) is 0.101. The fraction of sp³-hybridized carbons (Fsp3) is 0.357. The van der Waals surface area contributed by atoms with Crippen molar-refractivity contribution < 1.29 is 0 Å². The highest BCUT2D eigenvalue weighted by Gasteiger charge is 2.37. The Kier molecular flexibility index (Phi) is 8.23. The van der Waals surface area contributed by atoms with E-state index in [-0.39, 0.29) is 0 Å². The zero-order valence-corrected chi connectivity index (χ0v) is 30.6.